The lowest BCUT2D eigenvalue weighted by Gasteiger charge is -2.32. The number of methoxy groups -OCH3 is 2. The van der Waals surface area contributed by atoms with Crippen LogP contribution in [0.15, 0.2) is 70.4 Å². The standard InChI is InChI=1S/C24H24N4O2/c1-29-19-10-6-16(7-11-19)14-18-4-3-5-21-22(17-8-12-20(30-2)13-9-17)27-24(26-15-25)28-23(18)21/h6-14,22H,3-5H2,1-2H3,(H2,26,27,28)/b18-14+. The third-order valence-electron chi connectivity index (χ3n) is 5.43. The Hall–Kier alpha value is -3.72. The van der Waals surface area contributed by atoms with Gasteiger partial charge in [-0.25, -0.2) is 4.99 Å². The van der Waals surface area contributed by atoms with Gasteiger partial charge in [-0.05, 0) is 71.9 Å². The predicted molar refractivity (Wildman–Crippen MR) is 117 cm³/mol. The molecule has 6 nitrogen and oxygen atoms in total. The summed E-state index contributed by atoms with van der Waals surface area (Å²) in [6.45, 7) is 0. The number of nitrogens with zero attached hydrogens (tertiary/aromatic N) is 2. The Morgan fingerprint density at radius 1 is 1.03 bits per heavy atom. The third-order valence-corrected chi connectivity index (χ3v) is 5.43. The molecule has 2 N–H and O–H groups in total. The van der Waals surface area contributed by atoms with Crippen molar-refractivity contribution in [3.8, 4) is 17.7 Å². The highest BCUT2D eigenvalue weighted by molar-refractivity contribution is 5.86. The van der Waals surface area contributed by atoms with Gasteiger partial charge in [-0.2, -0.15) is 5.26 Å². The highest BCUT2D eigenvalue weighted by atomic mass is 16.5. The second kappa shape index (κ2) is 8.75. The molecule has 0 saturated heterocycles. The summed E-state index contributed by atoms with van der Waals surface area (Å²) in [5.41, 5.74) is 5.71. The molecule has 1 aliphatic carbocycles. The monoisotopic (exact) mass is 400 g/mol. The molecule has 0 saturated carbocycles. The first kappa shape index (κ1) is 19.6. The molecule has 2 aromatic carbocycles. The molecule has 0 amide bonds. The summed E-state index contributed by atoms with van der Waals surface area (Å²) in [7, 11) is 3.32. The maximum atomic E-state index is 9.15. The SMILES string of the molecule is COc1ccc(/C=C2\CCCC3=C2NC(NC#N)=NC3c2ccc(OC)cc2)cc1. The number of allylic oxidation sites excluding steroid dienone is 1. The summed E-state index contributed by atoms with van der Waals surface area (Å²) in [4.78, 5) is 4.78. The van der Waals surface area contributed by atoms with Gasteiger partial charge in [-0.1, -0.05) is 24.3 Å². The fraction of sp³-hybridized carbons (Fsp3) is 0.250. The van der Waals surface area contributed by atoms with Crippen LogP contribution in [0.1, 0.15) is 36.4 Å². The summed E-state index contributed by atoms with van der Waals surface area (Å²) < 4.78 is 10.5. The zero-order valence-corrected chi connectivity index (χ0v) is 17.1. The Bertz CT molecular complexity index is 1040. The maximum absolute atomic E-state index is 9.15. The fourth-order valence-corrected chi connectivity index (χ4v) is 3.94. The average Bonchev–Trinajstić information content (AvgIpc) is 2.80. The highest BCUT2D eigenvalue weighted by Gasteiger charge is 2.29. The minimum absolute atomic E-state index is 0.137. The normalized spacial score (nSPS) is 19.3. The Labute approximate surface area is 176 Å². The number of nitriles is 1. The van der Waals surface area contributed by atoms with Crippen molar-refractivity contribution >= 4 is 12.0 Å². The lowest BCUT2D eigenvalue weighted by molar-refractivity contribution is 0.414. The third kappa shape index (κ3) is 4.01. The van der Waals surface area contributed by atoms with Crippen LogP contribution in [0.4, 0.5) is 0 Å². The van der Waals surface area contributed by atoms with E-state index in [4.69, 9.17) is 19.7 Å². The van der Waals surface area contributed by atoms with Crippen LogP contribution < -0.4 is 20.1 Å². The molecule has 1 atom stereocenters. The zero-order valence-electron chi connectivity index (χ0n) is 17.1. The molecule has 0 fully saturated rings. The fourth-order valence-electron chi connectivity index (χ4n) is 3.94. The lowest BCUT2D eigenvalue weighted by atomic mass is 9.84. The number of nitrogens with one attached hydrogen (secondary N) is 2. The van der Waals surface area contributed by atoms with Crippen molar-refractivity contribution < 1.29 is 9.47 Å². The predicted octanol–water partition coefficient (Wildman–Crippen LogP) is 4.30. The largest absolute Gasteiger partial charge is 0.497 e. The molecule has 0 radical (unpaired) electrons. The zero-order chi connectivity index (χ0) is 20.9. The van der Waals surface area contributed by atoms with E-state index in [1.807, 2.05) is 54.7 Å². The van der Waals surface area contributed by atoms with Crippen LogP contribution in [0, 0.1) is 11.5 Å². The van der Waals surface area contributed by atoms with E-state index in [-0.39, 0.29) is 6.04 Å². The summed E-state index contributed by atoms with van der Waals surface area (Å²) in [5.74, 6) is 2.12. The molecule has 2 aromatic rings. The number of rotatable bonds is 4. The van der Waals surface area contributed by atoms with Crippen molar-refractivity contribution in [3.63, 3.8) is 0 Å². The average molecular weight is 400 g/mol. The minimum atomic E-state index is -0.137. The first-order valence-electron chi connectivity index (χ1n) is 9.93. The topological polar surface area (TPSA) is 78.7 Å². The highest BCUT2D eigenvalue weighted by Crippen LogP contribution is 2.40. The molecule has 30 heavy (non-hydrogen) atoms. The van der Waals surface area contributed by atoms with Crippen LogP contribution in [-0.2, 0) is 0 Å². The van der Waals surface area contributed by atoms with E-state index >= 15 is 0 Å². The van der Waals surface area contributed by atoms with Crippen LogP contribution in [0.5, 0.6) is 11.5 Å². The molecule has 6 heteroatoms. The van der Waals surface area contributed by atoms with Crippen LogP contribution in [0.2, 0.25) is 0 Å². The number of benzene rings is 2. The van der Waals surface area contributed by atoms with Gasteiger partial charge in [0.25, 0.3) is 0 Å². The van der Waals surface area contributed by atoms with Crippen molar-refractivity contribution in [1.29, 1.82) is 5.26 Å². The van der Waals surface area contributed by atoms with Gasteiger partial charge in [-0.15, -0.1) is 0 Å². The molecule has 0 spiro atoms. The molecule has 4 rings (SSSR count). The molecule has 0 aromatic heterocycles. The molecule has 0 bridgehead atoms. The van der Waals surface area contributed by atoms with Crippen molar-refractivity contribution in [3.05, 3.63) is 76.5 Å². The van der Waals surface area contributed by atoms with Gasteiger partial charge in [0.15, 0.2) is 6.19 Å². The number of hydrogen-bond donors (Lipinski definition) is 2. The second-order valence-electron chi connectivity index (χ2n) is 7.21. The molecule has 152 valence electrons. The Kier molecular flexibility index (Phi) is 5.71. The first-order chi connectivity index (χ1) is 14.7. The van der Waals surface area contributed by atoms with E-state index in [9.17, 15) is 0 Å². The minimum Gasteiger partial charge on any atom is -0.497 e. The summed E-state index contributed by atoms with van der Waals surface area (Å²) in [6, 6.07) is 15.8. The second-order valence-corrected chi connectivity index (χ2v) is 7.21. The van der Waals surface area contributed by atoms with E-state index in [0.29, 0.717) is 5.96 Å². The Balaban J connectivity index is 1.73. The number of aliphatic imine (C=N–C) groups is 1. The van der Waals surface area contributed by atoms with Gasteiger partial charge >= 0.3 is 0 Å². The van der Waals surface area contributed by atoms with E-state index in [0.717, 1.165) is 47.6 Å². The van der Waals surface area contributed by atoms with Gasteiger partial charge in [0, 0.05) is 5.70 Å². The van der Waals surface area contributed by atoms with Crippen molar-refractivity contribution in [2.24, 2.45) is 4.99 Å². The Morgan fingerprint density at radius 3 is 2.33 bits per heavy atom. The van der Waals surface area contributed by atoms with Gasteiger partial charge in [-0.3, -0.25) is 5.32 Å². The smallest absolute Gasteiger partial charge is 0.210 e. The molecule has 1 aliphatic heterocycles. The van der Waals surface area contributed by atoms with E-state index in [2.05, 4.69) is 16.7 Å². The molecule has 1 unspecified atom stereocenters. The molecular weight excluding hydrogens is 376 g/mol. The lowest BCUT2D eigenvalue weighted by Crippen LogP contribution is -2.39. The van der Waals surface area contributed by atoms with Crippen molar-refractivity contribution in [2.75, 3.05) is 14.2 Å². The first-order valence-corrected chi connectivity index (χ1v) is 9.93. The van der Waals surface area contributed by atoms with Crippen molar-refractivity contribution in [2.45, 2.75) is 25.3 Å². The van der Waals surface area contributed by atoms with E-state index < -0.39 is 0 Å². The van der Waals surface area contributed by atoms with Crippen LogP contribution in [0.3, 0.4) is 0 Å². The molecular formula is C24H24N4O2. The molecule has 1 heterocycles. The van der Waals surface area contributed by atoms with E-state index in [1.54, 1.807) is 14.2 Å². The van der Waals surface area contributed by atoms with Gasteiger partial charge in [0.2, 0.25) is 5.96 Å². The summed E-state index contributed by atoms with van der Waals surface area (Å²) >= 11 is 0. The van der Waals surface area contributed by atoms with Gasteiger partial charge in [0.05, 0.1) is 14.2 Å². The maximum Gasteiger partial charge on any atom is 0.210 e. The quantitative estimate of drug-likeness (QED) is 0.591. The number of ether oxygens (including phenoxy) is 2. The summed E-state index contributed by atoms with van der Waals surface area (Å²) in [5, 5.41) is 15.2. The Morgan fingerprint density at radius 2 is 1.70 bits per heavy atom. The van der Waals surface area contributed by atoms with Crippen LogP contribution in [-0.4, -0.2) is 20.2 Å². The molecule has 2 aliphatic rings. The van der Waals surface area contributed by atoms with Crippen LogP contribution >= 0.6 is 0 Å². The van der Waals surface area contributed by atoms with E-state index in [1.165, 1.54) is 11.1 Å². The van der Waals surface area contributed by atoms with Gasteiger partial charge < -0.3 is 14.8 Å². The van der Waals surface area contributed by atoms with Crippen molar-refractivity contribution in [1.82, 2.24) is 10.6 Å². The number of guanidine groups is 1. The van der Waals surface area contributed by atoms with Crippen LogP contribution in [0.25, 0.3) is 6.08 Å². The number of hydrogen-bond acceptors (Lipinski definition) is 6. The van der Waals surface area contributed by atoms with Gasteiger partial charge in [0.1, 0.15) is 17.5 Å². The summed E-state index contributed by atoms with van der Waals surface area (Å²) in [6.07, 6.45) is 7.16.